The van der Waals surface area contributed by atoms with Gasteiger partial charge in [0.05, 0.1) is 11.3 Å². The van der Waals surface area contributed by atoms with Gasteiger partial charge in [-0.15, -0.1) is 0 Å². The van der Waals surface area contributed by atoms with Crippen molar-refractivity contribution in [3.05, 3.63) is 47.8 Å². The highest BCUT2D eigenvalue weighted by molar-refractivity contribution is 6.06. The van der Waals surface area contributed by atoms with Crippen molar-refractivity contribution in [2.45, 2.75) is 0 Å². The molecule has 108 valence electrons. The highest BCUT2D eigenvalue weighted by Crippen LogP contribution is 2.34. The minimum absolute atomic E-state index is 0.205. The number of ether oxygens (including phenoxy) is 2. The number of nitrogens with zero attached hydrogens (tertiary/aromatic N) is 1. The Labute approximate surface area is 118 Å². The summed E-state index contributed by atoms with van der Waals surface area (Å²) in [6.45, 7) is 0.721. The highest BCUT2D eigenvalue weighted by Gasteiger charge is 2.21. The maximum Gasteiger partial charge on any atom is 0.259 e. The molecule has 1 aromatic carbocycles. The van der Waals surface area contributed by atoms with Gasteiger partial charge in [0.2, 0.25) is 11.9 Å². The smallest absolute Gasteiger partial charge is 0.259 e. The Bertz CT molecular complexity index is 707. The van der Waals surface area contributed by atoms with Gasteiger partial charge in [-0.05, 0) is 24.3 Å². The molecule has 2 heterocycles. The fraction of sp³-hybridized carbons (Fsp3) is 0.143. The van der Waals surface area contributed by atoms with Gasteiger partial charge in [0.1, 0.15) is 13.2 Å². The van der Waals surface area contributed by atoms with Gasteiger partial charge in [0, 0.05) is 0 Å². The van der Waals surface area contributed by atoms with Crippen LogP contribution in [0.5, 0.6) is 11.5 Å². The molecule has 0 saturated heterocycles. The first-order chi connectivity index (χ1) is 10.1. The first-order valence-electron chi connectivity index (χ1n) is 6.17. The zero-order valence-corrected chi connectivity index (χ0v) is 10.7. The van der Waals surface area contributed by atoms with Crippen molar-refractivity contribution < 1.29 is 23.0 Å². The van der Waals surface area contributed by atoms with E-state index in [1.54, 1.807) is 12.1 Å². The molecule has 1 aliphatic heterocycles. The maximum absolute atomic E-state index is 13.4. The zero-order chi connectivity index (χ0) is 14.8. The standard InChI is InChI=1S/C14H10F2N2O3/c15-11-5-4-9(13(16)18-11)17-14(19)8-2-1-3-10-12(8)21-7-6-20-10/h1-5H,6-7H2,(H,17,19). The van der Waals surface area contributed by atoms with E-state index < -0.39 is 17.8 Å². The summed E-state index contributed by atoms with van der Waals surface area (Å²) in [5.74, 6) is -1.89. The number of fused-ring (bicyclic) bond motifs is 1. The van der Waals surface area contributed by atoms with E-state index in [0.29, 0.717) is 24.7 Å². The molecule has 0 radical (unpaired) electrons. The minimum Gasteiger partial charge on any atom is -0.486 e. The number of para-hydroxylation sites is 1. The van der Waals surface area contributed by atoms with Crippen molar-refractivity contribution in [3.8, 4) is 11.5 Å². The van der Waals surface area contributed by atoms with Gasteiger partial charge >= 0.3 is 0 Å². The van der Waals surface area contributed by atoms with E-state index >= 15 is 0 Å². The van der Waals surface area contributed by atoms with Crippen LogP contribution in [0, 0.1) is 11.9 Å². The van der Waals surface area contributed by atoms with Crippen LogP contribution in [0.4, 0.5) is 14.5 Å². The number of pyridine rings is 1. The third kappa shape index (κ3) is 2.62. The Morgan fingerprint density at radius 2 is 1.95 bits per heavy atom. The van der Waals surface area contributed by atoms with E-state index in [2.05, 4.69) is 10.3 Å². The molecular weight excluding hydrogens is 282 g/mol. The van der Waals surface area contributed by atoms with E-state index in [-0.39, 0.29) is 11.3 Å². The van der Waals surface area contributed by atoms with Crippen LogP contribution in [0.25, 0.3) is 0 Å². The predicted molar refractivity (Wildman–Crippen MR) is 69.5 cm³/mol. The second-order valence-electron chi connectivity index (χ2n) is 4.26. The number of rotatable bonds is 2. The lowest BCUT2D eigenvalue weighted by Crippen LogP contribution is -2.20. The number of nitrogens with one attached hydrogen (secondary N) is 1. The third-order valence-corrected chi connectivity index (χ3v) is 2.87. The van der Waals surface area contributed by atoms with Gasteiger partial charge in [0.15, 0.2) is 11.5 Å². The molecule has 0 bridgehead atoms. The molecule has 2 aromatic rings. The topological polar surface area (TPSA) is 60.5 Å². The number of carbonyl (C=O) groups is 1. The Balaban J connectivity index is 1.89. The molecule has 5 nitrogen and oxygen atoms in total. The zero-order valence-electron chi connectivity index (χ0n) is 10.7. The molecule has 0 spiro atoms. The molecule has 0 atom stereocenters. The van der Waals surface area contributed by atoms with Crippen LogP contribution in [-0.2, 0) is 0 Å². The summed E-state index contributed by atoms with van der Waals surface area (Å²) in [5, 5.41) is 2.33. The van der Waals surface area contributed by atoms with Crippen LogP contribution in [0.15, 0.2) is 30.3 Å². The average Bonchev–Trinajstić information content (AvgIpc) is 2.49. The van der Waals surface area contributed by atoms with E-state index in [4.69, 9.17) is 9.47 Å². The number of anilines is 1. The van der Waals surface area contributed by atoms with Crippen molar-refractivity contribution in [2.75, 3.05) is 18.5 Å². The number of aromatic nitrogens is 1. The molecular formula is C14H10F2N2O3. The normalized spacial score (nSPS) is 12.9. The van der Waals surface area contributed by atoms with Crippen molar-refractivity contribution in [3.63, 3.8) is 0 Å². The first-order valence-corrected chi connectivity index (χ1v) is 6.17. The third-order valence-electron chi connectivity index (χ3n) is 2.87. The summed E-state index contributed by atoms with van der Waals surface area (Å²) in [6, 6.07) is 6.88. The summed E-state index contributed by atoms with van der Waals surface area (Å²) in [6.07, 6.45) is 0. The molecule has 21 heavy (non-hydrogen) atoms. The summed E-state index contributed by atoms with van der Waals surface area (Å²) in [4.78, 5) is 15.2. The minimum atomic E-state index is -1.09. The molecule has 0 unspecified atom stereocenters. The van der Waals surface area contributed by atoms with Crippen LogP contribution in [-0.4, -0.2) is 24.1 Å². The van der Waals surface area contributed by atoms with Crippen LogP contribution < -0.4 is 14.8 Å². The largest absolute Gasteiger partial charge is 0.486 e. The Hall–Kier alpha value is -2.70. The van der Waals surface area contributed by atoms with E-state index in [1.165, 1.54) is 6.07 Å². The number of hydrogen-bond acceptors (Lipinski definition) is 4. The van der Waals surface area contributed by atoms with Crippen molar-refractivity contribution in [1.29, 1.82) is 0 Å². The molecule has 1 N–H and O–H groups in total. The fourth-order valence-corrected chi connectivity index (χ4v) is 1.95. The van der Waals surface area contributed by atoms with Gasteiger partial charge in [-0.1, -0.05) is 6.07 Å². The molecule has 0 saturated carbocycles. The SMILES string of the molecule is O=C(Nc1ccc(F)nc1F)c1cccc2c1OCCO2. The summed E-state index contributed by atoms with van der Waals surface area (Å²) >= 11 is 0. The molecule has 1 aromatic heterocycles. The van der Waals surface area contributed by atoms with Crippen LogP contribution in [0.2, 0.25) is 0 Å². The quantitative estimate of drug-likeness (QED) is 0.863. The Morgan fingerprint density at radius 1 is 1.14 bits per heavy atom. The summed E-state index contributed by atoms with van der Waals surface area (Å²) in [7, 11) is 0. The monoisotopic (exact) mass is 292 g/mol. The van der Waals surface area contributed by atoms with Crippen LogP contribution >= 0.6 is 0 Å². The highest BCUT2D eigenvalue weighted by atomic mass is 19.1. The van der Waals surface area contributed by atoms with Gasteiger partial charge in [-0.2, -0.15) is 13.8 Å². The Kier molecular flexibility index (Phi) is 3.39. The number of amides is 1. The van der Waals surface area contributed by atoms with Crippen molar-refractivity contribution >= 4 is 11.6 Å². The molecule has 3 rings (SSSR count). The number of halogens is 2. The maximum atomic E-state index is 13.4. The van der Waals surface area contributed by atoms with Crippen molar-refractivity contribution in [2.24, 2.45) is 0 Å². The number of benzene rings is 1. The second-order valence-corrected chi connectivity index (χ2v) is 4.26. The summed E-state index contributed by atoms with van der Waals surface area (Å²) < 4.78 is 36.9. The molecule has 1 aliphatic rings. The second kappa shape index (κ2) is 5.35. The fourth-order valence-electron chi connectivity index (χ4n) is 1.95. The summed E-state index contributed by atoms with van der Waals surface area (Å²) in [5.41, 5.74) is -0.00773. The van der Waals surface area contributed by atoms with E-state index in [0.717, 1.165) is 12.1 Å². The lowest BCUT2D eigenvalue weighted by molar-refractivity contribution is 0.101. The average molecular weight is 292 g/mol. The van der Waals surface area contributed by atoms with Gasteiger partial charge < -0.3 is 14.8 Å². The van der Waals surface area contributed by atoms with Gasteiger partial charge in [0.25, 0.3) is 5.91 Å². The molecule has 0 fully saturated rings. The molecule has 7 heteroatoms. The van der Waals surface area contributed by atoms with Crippen molar-refractivity contribution in [1.82, 2.24) is 4.98 Å². The molecule has 1 amide bonds. The van der Waals surface area contributed by atoms with E-state index in [1.807, 2.05) is 0 Å². The van der Waals surface area contributed by atoms with Gasteiger partial charge in [-0.3, -0.25) is 4.79 Å². The number of carbonyl (C=O) groups excluding carboxylic acids is 1. The molecule has 0 aliphatic carbocycles. The first kappa shape index (κ1) is 13.3. The lowest BCUT2D eigenvalue weighted by atomic mass is 10.1. The predicted octanol–water partition coefficient (Wildman–Crippen LogP) is 2.38. The van der Waals surface area contributed by atoms with Crippen LogP contribution in [0.3, 0.4) is 0 Å². The Morgan fingerprint density at radius 3 is 2.76 bits per heavy atom. The number of hydrogen-bond donors (Lipinski definition) is 1. The van der Waals surface area contributed by atoms with Gasteiger partial charge in [-0.25, -0.2) is 0 Å². The lowest BCUT2D eigenvalue weighted by Gasteiger charge is -2.20. The van der Waals surface area contributed by atoms with E-state index in [9.17, 15) is 13.6 Å². The van der Waals surface area contributed by atoms with Crippen LogP contribution in [0.1, 0.15) is 10.4 Å².